The fourth-order valence-electron chi connectivity index (χ4n) is 3.03. The largest absolute Gasteiger partial charge is 0.497 e. The molecule has 0 spiro atoms. The minimum Gasteiger partial charge on any atom is -0.497 e. The molecule has 5 heteroatoms. The average Bonchev–Trinajstić information content (AvgIpc) is 3.15. The highest BCUT2D eigenvalue weighted by Gasteiger charge is 2.24. The molecule has 0 amide bonds. The number of thiazole rings is 1. The highest BCUT2D eigenvalue weighted by atomic mass is 32.1. The summed E-state index contributed by atoms with van der Waals surface area (Å²) in [6.45, 7) is 3.55. The molecule has 25 heavy (non-hydrogen) atoms. The van der Waals surface area contributed by atoms with Gasteiger partial charge in [-0.05, 0) is 29.8 Å². The lowest BCUT2D eigenvalue weighted by atomic mass is 10.1. The van der Waals surface area contributed by atoms with E-state index in [0.29, 0.717) is 0 Å². The standard InChI is InChI=1S/C20H20N2O2S/c1-23-17-9-7-16(8-10-17)19-18(15-5-3-2-4-6-15)21-20(25-19)22-11-13-24-14-12-22/h2-10H,11-14H2,1H3/p+1. The maximum absolute atomic E-state index is 5.50. The molecule has 1 N–H and O–H groups in total. The predicted octanol–water partition coefficient (Wildman–Crippen LogP) is 3.03. The van der Waals surface area contributed by atoms with Crippen LogP contribution >= 0.6 is 11.3 Å². The molecular formula is C20H21N2O2S+. The van der Waals surface area contributed by atoms with Crippen molar-refractivity contribution in [3.8, 4) is 27.4 Å². The summed E-state index contributed by atoms with van der Waals surface area (Å²) in [4.78, 5) is 7.64. The fraction of sp³-hybridized carbons (Fsp3) is 0.250. The maximum atomic E-state index is 5.50. The fourth-order valence-corrected chi connectivity index (χ4v) is 4.23. The maximum Gasteiger partial charge on any atom is 0.285 e. The van der Waals surface area contributed by atoms with Crippen molar-refractivity contribution in [1.29, 1.82) is 0 Å². The van der Waals surface area contributed by atoms with Crippen LogP contribution < -0.4 is 9.64 Å². The molecular weight excluding hydrogens is 332 g/mol. The van der Waals surface area contributed by atoms with Crippen LogP contribution in [0, 0.1) is 0 Å². The molecule has 128 valence electrons. The zero-order chi connectivity index (χ0) is 17.1. The number of quaternary nitrogens is 1. The Balaban J connectivity index is 1.78. The summed E-state index contributed by atoms with van der Waals surface area (Å²) in [5.41, 5.74) is 3.39. The molecule has 0 unspecified atom stereocenters. The van der Waals surface area contributed by atoms with Gasteiger partial charge in [0.1, 0.15) is 18.8 Å². The second kappa shape index (κ2) is 7.35. The van der Waals surface area contributed by atoms with Gasteiger partial charge < -0.3 is 9.47 Å². The molecule has 1 aromatic heterocycles. The van der Waals surface area contributed by atoms with Crippen LogP contribution in [0.1, 0.15) is 0 Å². The quantitative estimate of drug-likeness (QED) is 0.783. The summed E-state index contributed by atoms with van der Waals surface area (Å²) in [5.74, 6) is 0.869. The summed E-state index contributed by atoms with van der Waals surface area (Å²) in [5, 5.41) is 1.15. The number of methoxy groups -OCH3 is 1. The Morgan fingerprint density at radius 1 is 0.960 bits per heavy atom. The molecule has 2 heterocycles. The Kier molecular flexibility index (Phi) is 4.78. The molecule has 0 atom stereocenters. The van der Waals surface area contributed by atoms with Crippen LogP contribution in [0.3, 0.4) is 0 Å². The monoisotopic (exact) mass is 353 g/mol. The average molecular weight is 353 g/mol. The van der Waals surface area contributed by atoms with Gasteiger partial charge in [-0.1, -0.05) is 41.7 Å². The Bertz CT molecular complexity index is 825. The molecule has 4 nitrogen and oxygen atoms in total. The normalized spacial score (nSPS) is 15.2. The highest BCUT2D eigenvalue weighted by molar-refractivity contribution is 7.18. The van der Waals surface area contributed by atoms with Crippen LogP contribution in [0.4, 0.5) is 5.13 Å². The van der Waals surface area contributed by atoms with Crippen molar-refractivity contribution in [3.63, 3.8) is 0 Å². The Hall–Kier alpha value is -2.21. The topological polar surface area (TPSA) is 35.8 Å². The molecule has 0 radical (unpaired) electrons. The summed E-state index contributed by atoms with van der Waals surface area (Å²) < 4.78 is 10.8. The van der Waals surface area contributed by atoms with Gasteiger partial charge in [-0.3, -0.25) is 4.90 Å². The second-order valence-corrected chi connectivity index (χ2v) is 7.01. The number of ether oxygens (including phenoxy) is 2. The van der Waals surface area contributed by atoms with Gasteiger partial charge >= 0.3 is 0 Å². The van der Waals surface area contributed by atoms with Crippen molar-refractivity contribution in [2.45, 2.75) is 0 Å². The van der Waals surface area contributed by atoms with Crippen LogP contribution in [0.25, 0.3) is 21.7 Å². The van der Waals surface area contributed by atoms with Gasteiger partial charge in [-0.2, -0.15) is 4.98 Å². The molecule has 0 aliphatic carbocycles. The van der Waals surface area contributed by atoms with E-state index >= 15 is 0 Å². The van der Waals surface area contributed by atoms with Crippen molar-refractivity contribution in [3.05, 3.63) is 54.6 Å². The molecule has 1 fully saturated rings. The third-order valence-corrected chi connectivity index (χ3v) is 5.63. The van der Waals surface area contributed by atoms with Crippen LogP contribution in [-0.2, 0) is 4.74 Å². The molecule has 1 aliphatic rings. The summed E-state index contributed by atoms with van der Waals surface area (Å²) in [7, 11) is 1.69. The number of rotatable bonds is 4. The number of nitrogens with zero attached hydrogens (tertiary/aromatic N) is 1. The number of hydrogen-bond acceptors (Lipinski definition) is 4. The zero-order valence-corrected chi connectivity index (χ0v) is 15.0. The van der Waals surface area contributed by atoms with Gasteiger partial charge in [0.25, 0.3) is 5.13 Å². The number of aromatic nitrogens is 1. The van der Waals surface area contributed by atoms with Crippen LogP contribution in [0.5, 0.6) is 5.75 Å². The third kappa shape index (κ3) is 3.44. The number of nitrogens with one attached hydrogen (secondary N) is 1. The minimum absolute atomic E-state index is 0.799. The molecule has 2 aromatic carbocycles. The first kappa shape index (κ1) is 16.3. The van der Waals surface area contributed by atoms with E-state index in [1.807, 2.05) is 18.2 Å². The van der Waals surface area contributed by atoms with Gasteiger partial charge in [-0.15, -0.1) is 0 Å². The van der Waals surface area contributed by atoms with E-state index in [0.717, 1.165) is 48.4 Å². The van der Waals surface area contributed by atoms with Crippen molar-refractivity contribution >= 4 is 16.5 Å². The van der Waals surface area contributed by atoms with Crippen molar-refractivity contribution in [1.82, 2.24) is 4.98 Å². The molecule has 3 aromatic rings. The molecule has 0 saturated carbocycles. The smallest absolute Gasteiger partial charge is 0.285 e. The number of morpholine rings is 1. The minimum atomic E-state index is 0.799. The Morgan fingerprint density at radius 3 is 2.36 bits per heavy atom. The number of benzene rings is 2. The Morgan fingerprint density at radius 2 is 1.68 bits per heavy atom. The zero-order valence-electron chi connectivity index (χ0n) is 14.2. The van der Waals surface area contributed by atoms with E-state index in [2.05, 4.69) is 36.4 Å². The first-order chi connectivity index (χ1) is 12.3. The predicted molar refractivity (Wildman–Crippen MR) is 101 cm³/mol. The van der Waals surface area contributed by atoms with E-state index < -0.39 is 0 Å². The van der Waals surface area contributed by atoms with Crippen molar-refractivity contribution in [2.75, 3.05) is 33.4 Å². The molecule has 0 bridgehead atoms. The lowest BCUT2D eigenvalue weighted by molar-refractivity contribution is -0.841. The van der Waals surface area contributed by atoms with Crippen molar-refractivity contribution < 1.29 is 14.4 Å². The molecule has 4 rings (SSSR count). The highest BCUT2D eigenvalue weighted by Crippen LogP contribution is 2.38. The van der Waals surface area contributed by atoms with E-state index in [1.165, 1.54) is 15.3 Å². The van der Waals surface area contributed by atoms with E-state index in [4.69, 9.17) is 14.5 Å². The van der Waals surface area contributed by atoms with E-state index in [-0.39, 0.29) is 0 Å². The van der Waals surface area contributed by atoms with Crippen LogP contribution in [0.15, 0.2) is 54.6 Å². The molecule has 1 aliphatic heterocycles. The Labute approximate surface area is 151 Å². The lowest BCUT2D eigenvalue weighted by Gasteiger charge is -2.20. The third-order valence-electron chi connectivity index (χ3n) is 4.43. The van der Waals surface area contributed by atoms with Crippen LogP contribution in [0.2, 0.25) is 0 Å². The second-order valence-electron chi connectivity index (χ2n) is 6.01. The SMILES string of the molecule is COc1ccc(-c2sc([NH+]3CCOCC3)nc2-c2ccccc2)cc1. The van der Waals surface area contributed by atoms with E-state index in [1.54, 1.807) is 18.4 Å². The lowest BCUT2D eigenvalue weighted by Crippen LogP contribution is -3.09. The van der Waals surface area contributed by atoms with Crippen LogP contribution in [-0.4, -0.2) is 38.4 Å². The van der Waals surface area contributed by atoms with Gasteiger partial charge in [-0.25, -0.2) is 0 Å². The van der Waals surface area contributed by atoms with Gasteiger partial charge in [0.2, 0.25) is 0 Å². The summed E-state index contributed by atoms with van der Waals surface area (Å²) in [6.07, 6.45) is 0. The van der Waals surface area contributed by atoms with Gasteiger partial charge in [0.15, 0.2) is 0 Å². The van der Waals surface area contributed by atoms with E-state index in [9.17, 15) is 0 Å². The first-order valence-corrected chi connectivity index (χ1v) is 9.30. The van der Waals surface area contributed by atoms with Gasteiger partial charge in [0.05, 0.1) is 30.9 Å². The van der Waals surface area contributed by atoms with Crippen molar-refractivity contribution in [2.24, 2.45) is 0 Å². The summed E-state index contributed by atoms with van der Waals surface area (Å²) >= 11 is 1.78. The first-order valence-electron chi connectivity index (χ1n) is 8.48. The summed E-state index contributed by atoms with van der Waals surface area (Å²) in [6, 6.07) is 18.6. The molecule has 1 saturated heterocycles. The number of hydrogen-bond donors (Lipinski definition) is 1. The van der Waals surface area contributed by atoms with Gasteiger partial charge in [0, 0.05) is 5.56 Å².